The van der Waals surface area contributed by atoms with Gasteiger partial charge in [0.2, 0.25) is 0 Å². The summed E-state index contributed by atoms with van der Waals surface area (Å²) in [5, 5.41) is 3.28. The van der Waals surface area contributed by atoms with Crippen LogP contribution in [0.15, 0.2) is 42.5 Å². The topological polar surface area (TPSA) is 73.6 Å². The number of nitrogen functional groups attached to an aromatic ring is 1. The van der Waals surface area contributed by atoms with Crippen LogP contribution in [0.3, 0.4) is 0 Å². The van der Waals surface area contributed by atoms with Crippen molar-refractivity contribution in [2.45, 2.75) is 19.8 Å². The van der Waals surface area contributed by atoms with E-state index >= 15 is 0 Å². The van der Waals surface area contributed by atoms with Gasteiger partial charge in [-0.3, -0.25) is 4.79 Å². The Balaban J connectivity index is 1.95. The third kappa shape index (κ3) is 5.21. The predicted molar refractivity (Wildman–Crippen MR) is 92.1 cm³/mol. The van der Waals surface area contributed by atoms with Crippen LogP contribution in [0.1, 0.15) is 18.4 Å². The van der Waals surface area contributed by atoms with Crippen molar-refractivity contribution < 1.29 is 14.3 Å². The smallest absolute Gasteiger partial charge is 0.305 e. The average Bonchev–Trinajstić information content (AvgIpc) is 2.56. The number of nitrogens with one attached hydrogen (secondary N) is 1. The van der Waals surface area contributed by atoms with E-state index in [1.165, 1.54) is 12.7 Å². The molecule has 0 heterocycles. The zero-order chi connectivity index (χ0) is 16.7. The van der Waals surface area contributed by atoms with Gasteiger partial charge in [0, 0.05) is 18.2 Å². The van der Waals surface area contributed by atoms with Crippen LogP contribution in [-0.2, 0) is 9.53 Å². The Kier molecular flexibility index (Phi) is 5.86. The molecule has 2 aromatic rings. The van der Waals surface area contributed by atoms with Crippen molar-refractivity contribution in [3.8, 4) is 5.75 Å². The van der Waals surface area contributed by atoms with Crippen molar-refractivity contribution in [2.24, 2.45) is 0 Å². The Morgan fingerprint density at radius 2 is 1.91 bits per heavy atom. The van der Waals surface area contributed by atoms with Gasteiger partial charge in [-0.15, -0.1) is 0 Å². The number of anilines is 3. The van der Waals surface area contributed by atoms with Crippen molar-refractivity contribution in [3.05, 3.63) is 48.0 Å². The van der Waals surface area contributed by atoms with E-state index < -0.39 is 0 Å². The molecule has 3 N–H and O–H groups in total. The molecule has 0 amide bonds. The monoisotopic (exact) mass is 314 g/mol. The fraction of sp³-hybridized carbons (Fsp3) is 0.278. The Hall–Kier alpha value is -2.69. The molecule has 5 heteroatoms. The summed E-state index contributed by atoms with van der Waals surface area (Å²) in [4.78, 5) is 11.0. The molecule has 0 radical (unpaired) electrons. The molecule has 0 unspecified atom stereocenters. The number of nitrogens with two attached hydrogens (primary N) is 1. The molecule has 2 aromatic carbocycles. The Morgan fingerprint density at radius 1 is 1.17 bits per heavy atom. The summed E-state index contributed by atoms with van der Waals surface area (Å²) in [7, 11) is 1.38. The molecule has 0 aliphatic carbocycles. The Morgan fingerprint density at radius 3 is 2.61 bits per heavy atom. The van der Waals surface area contributed by atoms with Crippen LogP contribution >= 0.6 is 0 Å². The summed E-state index contributed by atoms with van der Waals surface area (Å²) < 4.78 is 10.2. The summed E-state index contributed by atoms with van der Waals surface area (Å²) in [6.45, 7) is 2.49. The molecule has 0 aliphatic heterocycles. The molecule has 122 valence electrons. The second-order valence-electron chi connectivity index (χ2n) is 5.27. The second-order valence-corrected chi connectivity index (χ2v) is 5.27. The standard InChI is InChI=1S/C18H22N2O3/c1-13-5-7-14(8-6-13)20-17-12-15(9-10-16(17)19)23-11-3-4-18(21)22-2/h5-10,12,20H,3-4,11,19H2,1-2H3. The Bertz CT molecular complexity index is 654. The van der Waals surface area contributed by atoms with E-state index in [9.17, 15) is 4.79 Å². The number of hydrogen-bond acceptors (Lipinski definition) is 5. The van der Waals surface area contributed by atoms with Crippen LogP contribution in [0.5, 0.6) is 5.75 Å². The highest BCUT2D eigenvalue weighted by Gasteiger charge is 2.04. The SMILES string of the molecule is COC(=O)CCCOc1ccc(N)c(Nc2ccc(C)cc2)c1. The summed E-state index contributed by atoms with van der Waals surface area (Å²) in [6, 6.07) is 13.5. The lowest BCUT2D eigenvalue weighted by molar-refractivity contribution is -0.140. The van der Waals surface area contributed by atoms with Crippen LogP contribution in [0.25, 0.3) is 0 Å². The summed E-state index contributed by atoms with van der Waals surface area (Å²) in [5.41, 5.74) is 9.60. The maximum Gasteiger partial charge on any atom is 0.305 e. The van der Waals surface area contributed by atoms with E-state index in [1.54, 1.807) is 6.07 Å². The van der Waals surface area contributed by atoms with Crippen LogP contribution < -0.4 is 15.8 Å². The first kappa shape index (κ1) is 16.7. The van der Waals surface area contributed by atoms with Crippen molar-refractivity contribution in [2.75, 3.05) is 24.8 Å². The normalized spacial score (nSPS) is 10.2. The summed E-state index contributed by atoms with van der Waals surface area (Å²) >= 11 is 0. The van der Waals surface area contributed by atoms with Gasteiger partial charge in [-0.05, 0) is 37.6 Å². The molecular formula is C18H22N2O3. The number of esters is 1. The maximum absolute atomic E-state index is 11.0. The lowest BCUT2D eigenvalue weighted by atomic mass is 10.2. The Labute approximate surface area is 136 Å². The van der Waals surface area contributed by atoms with Crippen LogP contribution in [-0.4, -0.2) is 19.7 Å². The number of aryl methyl sites for hydroxylation is 1. The van der Waals surface area contributed by atoms with Crippen LogP contribution in [0.4, 0.5) is 17.1 Å². The van der Waals surface area contributed by atoms with Gasteiger partial charge < -0.3 is 20.5 Å². The van der Waals surface area contributed by atoms with Gasteiger partial charge >= 0.3 is 5.97 Å². The molecule has 0 saturated heterocycles. The van der Waals surface area contributed by atoms with Crippen molar-refractivity contribution in [1.29, 1.82) is 0 Å². The fourth-order valence-electron chi connectivity index (χ4n) is 2.03. The van der Waals surface area contributed by atoms with Crippen LogP contribution in [0.2, 0.25) is 0 Å². The van der Waals surface area contributed by atoms with Gasteiger partial charge in [-0.2, -0.15) is 0 Å². The number of hydrogen-bond donors (Lipinski definition) is 2. The predicted octanol–water partition coefficient (Wildman–Crippen LogP) is 3.65. The molecule has 0 saturated carbocycles. The average molecular weight is 314 g/mol. The van der Waals surface area contributed by atoms with Gasteiger partial charge in [-0.25, -0.2) is 0 Å². The number of benzene rings is 2. The minimum absolute atomic E-state index is 0.229. The molecule has 0 atom stereocenters. The van der Waals surface area contributed by atoms with E-state index in [-0.39, 0.29) is 5.97 Å². The lowest BCUT2D eigenvalue weighted by Crippen LogP contribution is -2.05. The number of rotatable bonds is 7. The largest absolute Gasteiger partial charge is 0.494 e. The van der Waals surface area contributed by atoms with E-state index in [0.717, 1.165) is 11.4 Å². The minimum Gasteiger partial charge on any atom is -0.494 e. The molecule has 0 fully saturated rings. The lowest BCUT2D eigenvalue weighted by Gasteiger charge is -2.12. The molecule has 0 spiro atoms. The molecule has 0 bridgehead atoms. The van der Waals surface area contributed by atoms with Gasteiger partial charge in [0.25, 0.3) is 0 Å². The third-order valence-corrected chi connectivity index (χ3v) is 3.38. The summed E-state index contributed by atoms with van der Waals surface area (Å²) in [5.74, 6) is 0.478. The third-order valence-electron chi connectivity index (χ3n) is 3.38. The molecule has 0 aromatic heterocycles. The van der Waals surface area contributed by atoms with Crippen molar-refractivity contribution >= 4 is 23.0 Å². The molecule has 0 aliphatic rings. The second kappa shape index (κ2) is 8.08. The number of ether oxygens (including phenoxy) is 2. The quantitative estimate of drug-likeness (QED) is 0.463. The van der Waals surface area contributed by atoms with E-state index in [4.69, 9.17) is 10.5 Å². The number of carbonyl (C=O) groups excluding carboxylic acids is 1. The number of carbonyl (C=O) groups is 1. The van der Waals surface area contributed by atoms with Gasteiger partial charge in [0.1, 0.15) is 5.75 Å². The minimum atomic E-state index is -0.229. The number of methoxy groups -OCH3 is 1. The highest BCUT2D eigenvalue weighted by Crippen LogP contribution is 2.28. The van der Waals surface area contributed by atoms with E-state index in [0.29, 0.717) is 30.9 Å². The first-order valence-corrected chi connectivity index (χ1v) is 7.51. The van der Waals surface area contributed by atoms with Crippen LogP contribution in [0, 0.1) is 6.92 Å². The van der Waals surface area contributed by atoms with Gasteiger partial charge in [0.15, 0.2) is 0 Å². The highest BCUT2D eigenvalue weighted by molar-refractivity contribution is 5.74. The fourth-order valence-corrected chi connectivity index (χ4v) is 2.03. The van der Waals surface area contributed by atoms with Crippen molar-refractivity contribution in [1.82, 2.24) is 0 Å². The van der Waals surface area contributed by atoms with Gasteiger partial charge in [-0.1, -0.05) is 17.7 Å². The van der Waals surface area contributed by atoms with E-state index in [2.05, 4.69) is 10.1 Å². The summed E-state index contributed by atoms with van der Waals surface area (Å²) in [6.07, 6.45) is 0.956. The molecule has 2 rings (SSSR count). The highest BCUT2D eigenvalue weighted by atomic mass is 16.5. The van der Waals surface area contributed by atoms with Crippen molar-refractivity contribution in [3.63, 3.8) is 0 Å². The first-order chi connectivity index (χ1) is 11.1. The molecular weight excluding hydrogens is 292 g/mol. The zero-order valence-electron chi connectivity index (χ0n) is 13.5. The van der Waals surface area contributed by atoms with E-state index in [1.807, 2.05) is 43.3 Å². The zero-order valence-corrected chi connectivity index (χ0v) is 13.5. The molecule has 5 nitrogen and oxygen atoms in total. The molecule has 23 heavy (non-hydrogen) atoms. The van der Waals surface area contributed by atoms with Gasteiger partial charge in [0.05, 0.1) is 25.1 Å². The first-order valence-electron chi connectivity index (χ1n) is 7.51. The maximum atomic E-state index is 11.0.